The van der Waals surface area contributed by atoms with Crippen molar-refractivity contribution < 1.29 is 0 Å². The molecular weight excluding hydrogens is 279 g/mol. The molecule has 0 amide bonds. The lowest BCUT2D eigenvalue weighted by atomic mass is 10.2. The molecule has 0 nitrogen and oxygen atoms in total. The maximum atomic E-state index is 3.81. The van der Waals surface area contributed by atoms with E-state index >= 15 is 0 Å². The van der Waals surface area contributed by atoms with Gasteiger partial charge in [-0.15, -0.1) is 0 Å². The highest BCUT2D eigenvalue weighted by molar-refractivity contribution is 9.40. The fourth-order valence-electron chi connectivity index (χ4n) is 1.50. The number of rotatable bonds is 2. The van der Waals surface area contributed by atoms with Crippen LogP contribution in [-0.4, -0.2) is 0 Å². The Morgan fingerprint density at radius 3 is 1.31 bits per heavy atom. The smallest absolute Gasteiger partial charge is 0.0265 e. The topological polar surface area (TPSA) is 0 Å². The van der Waals surface area contributed by atoms with Crippen LogP contribution in [0.5, 0.6) is 0 Å². The molecule has 0 spiro atoms. The van der Waals surface area contributed by atoms with Crippen molar-refractivity contribution in [3.05, 3.63) is 59.7 Å². The molecule has 0 saturated carbocycles. The summed E-state index contributed by atoms with van der Waals surface area (Å²) < 4.78 is 0. The predicted molar refractivity (Wildman–Crippen MR) is 77.5 cm³/mol. The van der Waals surface area contributed by atoms with Crippen LogP contribution >= 0.6 is 22.1 Å². The average Bonchev–Trinajstić information content (AvgIpc) is 2.30. The third kappa shape index (κ3) is 2.72. The van der Waals surface area contributed by atoms with Gasteiger partial charge in [0.1, 0.15) is 0 Å². The molecule has 16 heavy (non-hydrogen) atoms. The molecule has 0 atom stereocenters. The van der Waals surface area contributed by atoms with E-state index in [4.69, 9.17) is 0 Å². The molecule has 82 valence electrons. The largest absolute Gasteiger partial charge is 0.0587 e. The van der Waals surface area contributed by atoms with Gasteiger partial charge < -0.3 is 0 Å². The van der Waals surface area contributed by atoms with Gasteiger partial charge in [0.05, 0.1) is 0 Å². The monoisotopic (exact) mass is 292 g/mol. The first-order valence-electron chi connectivity index (χ1n) is 5.26. The van der Waals surface area contributed by atoms with Crippen molar-refractivity contribution in [2.75, 3.05) is 0 Å². The summed E-state index contributed by atoms with van der Waals surface area (Å²) in [6, 6.07) is 17.5. The molecule has 2 aromatic carbocycles. The minimum atomic E-state index is -0.383. The van der Waals surface area contributed by atoms with Crippen LogP contribution in [0.25, 0.3) is 0 Å². The average molecular weight is 293 g/mol. The van der Waals surface area contributed by atoms with Crippen molar-refractivity contribution in [2.24, 2.45) is 0 Å². The van der Waals surface area contributed by atoms with Gasteiger partial charge in [0.2, 0.25) is 0 Å². The Kier molecular flexibility index (Phi) is 3.78. The van der Waals surface area contributed by atoms with Crippen molar-refractivity contribution in [1.82, 2.24) is 0 Å². The number of benzene rings is 2. The number of hydrogen-bond acceptors (Lipinski definition) is 0. The Labute approximate surface area is 106 Å². The predicted octanol–water partition coefficient (Wildman–Crippen LogP) is 4.05. The van der Waals surface area contributed by atoms with E-state index in [2.05, 4.69) is 77.9 Å². The zero-order valence-corrected chi connectivity index (χ0v) is 11.9. The first-order chi connectivity index (χ1) is 7.66. The molecule has 2 aromatic rings. The minimum Gasteiger partial charge on any atom is -0.0587 e. The SMILES string of the molecule is Cc1ccc(P(Br)c2ccc(C)cc2)cc1. The summed E-state index contributed by atoms with van der Waals surface area (Å²) in [6.07, 6.45) is 0. The van der Waals surface area contributed by atoms with E-state index < -0.39 is 0 Å². The summed E-state index contributed by atoms with van der Waals surface area (Å²) in [5.74, 6) is 0. The molecule has 0 saturated heterocycles. The first kappa shape index (κ1) is 11.8. The molecule has 0 radical (unpaired) electrons. The Morgan fingerprint density at radius 2 is 1.00 bits per heavy atom. The fourth-order valence-corrected chi connectivity index (χ4v) is 4.04. The van der Waals surface area contributed by atoms with Crippen molar-refractivity contribution in [2.45, 2.75) is 13.8 Å². The highest BCUT2D eigenvalue weighted by Gasteiger charge is 2.08. The summed E-state index contributed by atoms with van der Waals surface area (Å²) in [5.41, 5.74) is 2.62. The van der Waals surface area contributed by atoms with Crippen LogP contribution in [0.3, 0.4) is 0 Å². The Balaban J connectivity index is 2.28. The summed E-state index contributed by atoms with van der Waals surface area (Å²) in [6.45, 7) is 3.85. The standard InChI is InChI=1S/C14H14BrP/c1-11-3-7-13(8-4-11)16(15)14-9-5-12(2)6-10-14/h3-10H,1-2H3. The quantitative estimate of drug-likeness (QED) is 0.733. The van der Waals surface area contributed by atoms with Crippen molar-refractivity contribution in [3.8, 4) is 0 Å². The zero-order valence-electron chi connectivity index (χ0n) is 9.44. The van der Waals surface area contributed by atoms with Gasteiger partial charge in [-0.3, -0.25) is 0 Å². The lowest BCUT2D eigenvalue weighted by molar-refractivity contribution is 1.49. The molecule has 0 aliphatic rings. The van der Waals surface area contributed by atoms with Gasteiger partial charge >= 0.3 is 0 Å². The minimum absolute atomic E-state index is 0.383. The van der Waals surface area contributed by atoms with Gasteiger partial charge in [-0.2, -0.15) is 0 Å². The van der Waals surface area contributed by atoms with Gasteiger partial charge in [-0.25, -0.2) is 0 Å². The lowest BCUT2D eigenvalue weighted by Crippen LogP contribution is -2.07. The molecule has 0 aromatic heterocycles. The number of aryl methyl sites for hydroxylation is 2. The van der Waals surface area contributed by atoms with E-state index in [1.807, 2.05) is 0 Å². The Hall–Kier alpha value is -0.650. The molecule has 0 aliphatic carbocycles. The van der Waals surface area contributed by atoms with E-state index in [0.29, 0.717) is 0 Å². The van der Waals surface area contributed by atoms with Crippen LogP contribution in [-0.2, 0) is 0 Å². The number of halogens is 1. The molecule has 0 aliphatic heterocycles. The summed E-state index contributed by atoms with van der Waals surface area (Å²) in [4.78, 5) is 0. The first-order valence-corrected chi connectivity index (χ1v) is 8.62. The Morgan fingerprint density at radius 1 is 0.688 bits per heavy atom. The van der Waals surface area contributed by atoms with Crippen LogP contribution in [0.2, 0.25) is 0 Å². The van der Waals surface area contributed by atoms with Gasteiger partial charge in [-0.05, 0) is 39.9 Å². The van der Waals surface area contributed by atoms with E-state index in [0.717, 1.165) is 0 Å². The van der Waals surface area contributed by atoms with Gasteiger partial charge in [0.15, 0.2) is 0 Å². The van der Waals surface area contributed by atoms with Crippen LogP contribution in [0.15, 0.2) is 48.5 Å². The van der Waals surface area contributed by atoms with Gasteiger partial charge in [0.25, 0.3) is 0 Å². The molecule has 0 fully saturated rings. The second-order valence-electron chi connectivity index (χ2n) is 3.95. The van der Waals surface area contributed by atoms with Crippen molar-refractivity contribution in [3.63, 3.8) is 0 Å². The molecule has 0 unspecified atom stereocenters. The zero-order chi connectivity index (χ0) is 11.5. The van der Waals surface area contributed by atoms with E-state index in [9.17, 15) is 0 Å². The second-order valence-corrected chi connectivity index (χ2v) is 7.67. The summed E-state index contributed by atoms with van der Waals surface area (Å²) >= 11 is 3.81. The number of hydrogen-bond donors (Lipinski definition) is 0. The van der Waals surface area contributed by atoms with Crippen LogP contribution in [0.1, 0.15) is 11.1 Å². The third-order valence-electron chi connectivity index (χ3n) is 2.52. The molecule has 2 rings (SSSR count). The van der Waals surface area contributed by atoms with Crippen molar-refractivity contribution in [1.29, 1.82) is 0 Å². The highest BCUT2D eigenvalue weighted by atomic mass is 79.9. The lowest BCUT2D eigenvalue weighted by Gasteiger charge is -2.11. The maximum Gasteiger partial charge on any atom is 0.0265 e. The van der Waals surface area contributed by atoms with Crippen LogP contribution < -0.4 is 10.6 Å². The van der Waals surface area contributed by atoms with Gasteiger partial charge in [-0.1, -0.05) is 59.7 Å². The fraction of sp³-hybridized carbons (Fsp3) is 0.143. The summed E-state index contributed by atoms with van der Waals surface area (Å²) in [5, 5.41) is 2.73. The van der Waals surface area contributed by atoms with Crippen LogP contribution in [0, 0.1) is 13.8 Å². The summed E-state index contributed by atoms with van der Waals surface area (Å²) in [7, 11) is 0. The maximum absolute atomic E-state index is 3.81. The van der Waals surface area contributed by atoms with E-state index in [1.165, 1.54) is 21.7 Å². The molecular formula is C14H14BrP. The molecule has 2 heteroatoms. The van der Waals surface area contributed by atoms with E-state index in [-0.39, 0.29) is 6.62 Å². The molecule has 0 N–H and O–H groups in total. The molecule has 0 heterocycles. The normalized spacial score (nSPS) is 10.8. The van der Waals surface area contributed by atoms with Crippen molar-refractivity contribution >= 4 is 32.7 Å². The second kappa shape index (κ2) is 5.12. The third-order valence-corrected chi connectivity index (χ3v) is 6.48. The Bertz CT molecular complexity index is 414. The van der Waals surface area contributed by atoms with Crippen LogP contribution in [0.4, 0.5) is 0 Å². The van der Waals surface area contributed by atoms with Gasteiger partial charge in [0, 0.05) is 6.62 Å². The highest BCUT2D eigenvalue weighted by Crippen LogP contribution is 2.41. The van der Waals surface area contributed by atoms with E-state index in [1.54, 1.807) is 0 Å². The molecule has 0 bridgehead atoms.